The molecule has 0 radical (unpaired) electrons. The molecule has 7 nitrogen and oxygen atoms in total. The molecule has 2 N–H and O–H groups in total. The Morgan fingerprint density at radius 2 is 2.08 bits per heavy atom. The lowest BCUT2D eigenvalue weighted by Crippen LogP contribution is -2.18. The largest absolute Gasteiger partial charge is 0.338 e. The van der Waals surface area contributed by atoms with Crippen LogP contribution in [-0.4, -0.2) is 26.8 Å². The van der Waals surface area contributed by atoms with Crippen LogP contribution in [0.25, 0.3) is 11.1 Å². The molecule has 1 amide bonds. The molecule has 3 aromatic rings. The number of aromatic nitrogens is 3. The van der Waals surface area contributed by atoms with Crippen molar-refractivity contribution in [3.05, 3.63) is 58.1 Å². The van der Waals surface area contributed by atoms with E-state index >= 15 is 0 Å². The fraction of sp³-hybridized carbons (Fsp3) is 0.222. The molecule has 0 atom stereocenters. The molecule has 2 heterocycles. The maximum Gasteiger partial charge on any atom is 0.254 e. The number of amides is 1. The van der Waals surface area contributed by atoms with Crippen LogP contribution in [0.5, 0.6) is 0 Å². The highest BCUT2D eigenvalue weighted by atomic mass is 32.2. The van der Waals surface area contributed by atoms with Crippen molar-refractivity contribution in [3.63, 3.8) is 0 Å². The topological polar surface area (TPSA) is 101 Å². The number of anilines is 1. The van der Waals surface area contributed by atoms with E-state index < -0.39 is 0 Å². The molecule has 0 fully saturated rings. The first-order valence-corrected chi connectivity index (χ1v) is 9.09. The van der Waals surface area contributed by atoms with Gasteiger partial charge in [-0.25, -0.2) is 4.98 Å². The smallest absolute Gasteiger partial charge is 0.254 e. The number of benzene rings is 1. The SMILES string of the molecule is CCc1c(C)nc(SCC(=O)Nc2oncc2-c2ccccc2)[nH]c1=O. The summed E-state index contributed by atoms with van der Waals surface area (Å²) < 4.78 is 5.15. The quantitative estimate of drug-likeness (QED) is 0.511. The van der Waals surface area contributed by atoms with E-state index in [2.05, 4.69) is 20.4 Å². The first-order valence-electron chi connectivity index (χ1n) is 8.11. The number of hydrogen-bond donors (Lipinski definition) is 2. The molecule has 0 aliphatic carbocycles. The molecule has 1 aromatic carbocycles. The summed E-state index contributed by atoms with van der Waals surface area (Å²) in [5.74, 6) is 0.104. The van der Waals surface area contributed by atoms with Crippen molar-refractivity contribution in [1.29, 1.82) is 0 Å². The lowest BCUT2D eigenvalue weighted by molar-refractivity contribution is -0.113. The number of thioether (sulfide) groups is 1. The summed E-state index contributed by atoms with van der Waals surface area (Å²) in [6.07, 6.45) is 2.18. The second kappa shape index (κ2) is 8.01. The summed E-state index contributed by atoms with van der Waals surface area (Å²) in [5.41, 5.74) is 2.78. The number of carbonyl (C=O) groups is 1. The standard InChI is InChI=1S/C18H18N4O3S/c1-3-13-11(2)20-18(22-16(13)24)26-10-15(23)21-17-14(9-19-25-17)12-7-5-4-6-8-12/h4-9H,3,10H2,1-2H3,(H,21,23)(H,20,22,24). The van der Waals surface area contributed by atoms with E-state index in [1.807, 2.05) is 37.3 Å². The van der Waals surface area contributed by atoms with E-state index in [1.165, 1.54) is 0 Å². The minimum atomic E-state index is -0.274. The predicted octanol–water partition coefficient (Wildman–Crippen LogP) is 3.03. The molecule has 3 rings (SSSR count). The van der Waals surface area contributed by atoms with Crippen LogP contribution in [0.4, 0.5) is 5.88 Å². The zero-order valence-electron chi connectivity index (χ0n) is 14.4. The van der Waals surface area contributed by atoms with Gasteiger partial charge in [0.15, 0.2) is 5.16 Å². The molecular weight excluding hydrogens is 352 g/mol. The second-order valence-electron chi connectivity index (χ2n) is 5.56. The number of hydrogen-bond acceptors (Lipinski definition) is 6. The minimum Gasteiger partial charge on any atom is -0.338 e. The van der Waals surface area contributed by atoms with Gasteiger partial charge in [-0.1, -0.05) is 54.2 Å². The number of aromatic amines is 1. The number of nitrogens with one attached hydrogen (secondary N) is 2. The van der Waals surface area contributed by atoms with Crippen LogP contribution in [0.2, 0.25) is 0 Å². The van der Waals surface area contributed by atoms with Crippen molar-refractivity contribution in [1.82, 2.24) is 15.1 Å². The molecule has 0 aliphatic heterocycles. The Balaban J connectivity index is 1.66. The molecule has 0 saturated carbocycles. The van der Waals surface area contributed by atoms with Gasteiger partial charge in [-0.05, 0) is 18.9 Å². The van der Waals surface area contributed by atoms with Crippen molar-refractivity contribution in [2.45, 2.75) is 25.4 Å². The summed E-state index contributed by atoms with van der Waals surface area (Å²) >= 11 is 1.16. The van der Waals surface area contributed by atoms with Crippen molar-refractivity contribution in [2.75, 3.05) is 11.1 Å². The number of aryl methyl sites for hydroxylation is 1. The first-order chi connectivity index (χ1) is 12.6. The first kappa shape index (κ1) is 17.9. The molecule has 0 aliphatic rings. The maximum atomic E-state index is 12.2. The summed E-state index contributed by atoms with van der Waals surface area (Å²) in [6.45, 7) is 3.69. The highest BCUT2D eigenvalue weighted by Crippen LogP contribution is 2.27. The number of carbonyl (C=O) groups excluding carboxylic acids is 1. The molecule has 0 unspecified atom stereocenters. The molecule has 0 spiro atoms. The van der Waals surface area contributed by atoms with Crippen molar-refractivity contribution in [3.8, 4) is 11.1 Å². The highest BCUT2D eigenvalue weighted by Gasteiger charge is 2.14. The zero-order valence-corrected chi connectivity index (χ0v) is 15.2. The van der Waals surface area contributed by atoms with Crippen molar-refractivity contribution >= 4 is 23.6 Å². The molecule has 26 heavy (non-hydrogen) atoms. The van der Waals surface area contributed by atoms with E-state index in [9.17, 15) is 9.59 Å². The van der Waals surface area contributed by atoms with Crippen molar-refractivity contribution < 1.29 is 9.32 Å². The van der Waals surface area contributed by atoms with Gasteiger partial charge in [0.05, 0.1) is 17.5 Å². The fourth-order valence-electron chi connectivity index (χ4n) is 2.52. The van der Waals surface area contributed by atoms with Gasteiger partial charge >= 0.3 is 0 Å². The summed E-state index contributed by atoms with van der Waals surface area (Å²) in [5, 5.41) is 6.88. The number of nitrogens with zero attached hydrogens (tertiary/aromatic N) is 2. The normalized spacial score (nSPS) is 10.7. The molecule has 0 saturated heterocycles. The van der Waals surface area contributed by atoms with Gasteiger partial charge in [0, 0.05) is 11.3 Å². The summed E-state index contributed by atoms with van der Waals surface area (Å²) in [6, 6.07) is 9.51. The van der Waals surface area contributed by atoms with Crippen LogP contribution < -0.4 is 10.9 Å². The third-order valence-electron chi connectivity index (χ3n) is 3.80. The van der Waals surface area contributed by atoms with Crippen molar-refractivity contribution in [2.24, 2.45) is 0 Å². The monoisotopic (exact) mass is 370 g/mol. The van der Waals surface area contributed by atoms with Crippen LogP contribution in [-0.2, 0) is 11.2 Å². The zero-order chi connectivity index (χ0) is 18.5. The Hall–Kier alpha value is -2.87. The molecule has 8 heteroatoms. The predicted molar refractivity (Wildman–Crippen MR) is 100 cm³/mol. The van der Waals surface area contributed by atoms with Crippen LogP contribution in [0.1, 0.15) is 18.2 Å². The molecular formula is C18H18N4O3S. The van der Waals surface area contributed by atoms with E-state index in [0.717, 1.165) is 17.3 Å². The third-order valence-corrected chi connectivity index (χ3v) is 4.68. The fourth-order valence-corrected chi connectivity index (χ4v) is 3.23. The van der Waals surface area contributed by atoms with Crippen LogP contribution >= 0.6 is 11.8 Å². The molecule has 2 aromatic heterocycles. The van der Waals surface area contributed by atoms with Gasteiger partial charge in [-0.3, -0.25) is 14.9 Å². The average Bonchev–Trinajstić information content (AvgIpc) is 3.08. The van der Waals surface area contributed by atoms with Gasteiger partial charge in [-0.15, -0.1) is 0 Å². The van der Waals surface area contributed by atoms with Gasteiger partial charge < -0.3 is 9.51 Å². The van der Waals surface area contributed by atoms with E-state index in [-0.39, 0.29) is 17.2 Å². The maximum absolute atomic E-state index is 12.2. The van der Waals surface area contributed by atoms with Gasteiger partial charge in [0.2, 0.25) is 11.8 Å². The lowest BCUT2D eigenvalue weighted by Gasteiger charge is -2.06. The van der Waals surface area contributed by atoms with Crippen LogP contribution in [0, 0.1) is 6.92 Å². The Labute approximate surface area is 154 Å². The Bertz CT molecular complexity index is 966. The van der Waals surface area contributed by atoms with Crippen LogP contribution in [0.15, 0.2) is 51.0 Å². The van der Waals surface area contributed by atoms with E-state index in [1.54, 1.807) is 13.1 Å². The second-order valence-corrected chi connectivity index (χ2v) is 6.52. The van der Waals surface area contributed by atoms with Crippen LogP contribution in [0.3, 0.4) is 0 Å². The molecule has 134 valence electrons. The van der Waals surface area contributed by atoms with Gasteiger partial charge in [0.25, 0.3) is 5.56 Å². The summed E-state index contributed by atoms with van der Waals surface area (Å²) in [7, 11) is 0. The Kier molecular flexibility index (Phi) is 5.52. The number of H-pyrrole nitrogens is 1. The lowest BCUT2D eigenvalue weighted by atomic mass is 10.1. The molecule has 0 bridgehead atoms. The third kappa shape index (κ3) is 4.02. The van der Waals surface area contributed by atoms with E-state index in [4.69, 9.17) is 4.52 Å². The number of rotatable bonds is 6. The Morgan fingerprint density at radius 3 is 2.77 bits per heavy atom. The van der Waals surface area contributed by atoms with Gasteiger partial charge in [0.1, 0.15) is 0 Å². The van der Waals surface area contributed by atoms with E-state index in [0.29, 0.717) is 34.3 Å². The van der Waals surface area contributed by atoms with Gasteiger partial charge in [-0.2, -0.15) is 0 Å². The highest BCUT2D eigenvalue weighted by molar-refractivity contribution is 7.99. The minimum absolute atomic E-state index is 0.0861. The Morgan fingerprint density at radius 1 is 1.31 bits per heavy atom. The average molecular weight is 370 g/mol. The summed E-state index contributed by atoms with van der Waals surface area (Å²) in [4.78, 5) is 31.2.